The Morgan fingerprint density at radius 2 is 1.84 bits per heavy atom. The van der Waals surface area contributed by atoms with E-state index in [4.69, 9.17) is 15.2 Å². The lowest BCUT2D eigenvalue weighted by atomic mass is 9.90. The standard InChI is InChI=1S/C34H41N5O4/c1-34(2,3)43-33(41)27(15-9-10-17-35)39-32(40)28-20-25-24-13-7-8-14-26(24)37-31(25)30(38-28)23-16-18-36-29(19-23)42-21-22-11-5-4-6-12-22/h4-8,11-14,16,18-19,27-28,30,37-38H,9-10,15,17,20-21,35H2,1-3H3,(H,39,40). The molecule has 4 aromatic rings. The molecule has 0 radical (unpaired) electrons. The predicted octanol–water partition coefficient (Wildman–Crippen LogP) is 4.70. The third-order valence-corrected chi connectivity index (χ3v) is 7.50. The molecule has 1 aliphatic heterocycles. The minimum Gasteiger partial charge on any atom is -0.473 e. The number of esters is 1. The summed E-state index contributed by atoms with van der Waals surface area (Å²) in [6.45, 7) is 6.38. The maximum absolute atomic E-state index is 13.8. The molecular weight excluding hydrogens is 542 g/mol. The maximum atomic E-state index is 13.8. The fourth-order valence-electron chi connectivity index (χ4n) is 5.47. The number of H-pyrrole nitrogens is 1. The number of fused-ring (bicyclic) bond motifs is 3. The van der Waals surface area contributed by atoms with Crippen molar-refractivity contribution in [2.24, 2.45) is 5.73 Å². The van der Waals surface area contributed by atoms with Crippen LogP contribution in [0.3, 0.4) is 0 Å². The molecule has 5 N–H and O–H groups in total. The van der Waals surface area contributed by atoms with E-state index in [2.05, 4.69) is 26.7 Å². The van der Waals surface area contributed by atoms with E-state index in [9.17, 15) is 9.59 Å². The Kier molecular flexibility index (Phi) is 9.43. The van der Waals surface area contributed by atoms with Crippen molar-refractivity contribution in [1.29, 1.82) is 0 Å². The van der Waals surface area contributed by atoms with E-state index in [1.807, 2.05) is 81.4 Å². The fourth-order valence-corrected chi connectivity index (χ4v) is 5.47. The molecule has 0 bridgehead atoms. The van der Waals surface area contributed by atoms with Gasteiger partial charge in [-0.15, -0.1) is 0 Å². The van der Waals surface area contributed by atoms with Gasteiger partial charge in [0, 0.05) is 28.9 Å². The van der Waals surface area contributed by atoms with Gasteiger partial charge in [0.2, 0.25) is 11.8 Å². The number of hydrogen-bond donors (Lipinski definition) is 4. The number of nitrogens with two attached hydrogens (primary N) is 1. The Hall–Kier alpha value is -4.21. The highest BCUT2D eigenvalue weighted by Gasteiger charge is 2.36. The highest BCUT2D eigenvalue weighted by atomic mass is 16.6. The molecule has 9 nitrogen and oxygen atoms in total. The van der Waals surface area contributed by atoms with Gasteiger partial charge in [-0.1, -0.05) is 48.5 Å². The number of carbonyl (C=O) groups is 2. The second-order valence-corrected chi connectivity index (χ2v) is 12.0. The van der Waals surface area contributed by atoms with Gasteiger partial charge >= 0.3 is 5.97 Å². The van der Waals surface area contributed by atoms with E-state index in [-0.39, 0.29) is 11.9 Å². The van der Waals surface area contributed by atoms with Crippen LogP contribution in [0.2, 0.25) is 0 Å². The number of rotatable bonds is 11. The number of amides is 1. The van der Waals surface area contributed by atoms with E-state index in [0.29, 0.717) is 38.3 Å². The SMILES string of the molecule is CC(C)(C)OC(=O)C(CCCCN)NC(=O)C1Cc2c([nH]c3ccccc23)C(c2ccnc(OCc3ccccc3)c2)N1. The highest BCUT2D eigenvalue weighted by molar-refractivity contribution is 5.91. The van der Waals surface area contributed by atoms with E-state index < -0.39 is 23.7 Å². The lowest BCUT2D eigenvalue weighted by Crippen LogP contribution is -2.54. The Bertz CT molecular complexity index is 1550. The predicted molar refractivity (Wildman–Crippen MR) is 166 cm³/mol. The van der Waals surface area contributed by atoms with Gasteiger partial charge in [-0.3, -0.25) is 10.1 Å². The molecule has 5 rings (SSSR count). The first-order valence-corrected chi connectivity index (χ1v) is 14.9. The molecular formula is C34H41N5O4. The zero-order chi connectivity index (χ0) is 30.4. The van der Waals surface area contributed by atoms with Crippen molar-refractivity contribution >= 4 is 22.8 Å². The summed E-state index contributed by atoms with van der Waals surface area (Å²) in [5.74, 6) is -0.191. The molecule has 1 amide bonds. The number of aromatic nitrogens is 2. The van der Waals surface area contributed by atoms with Crippen molar-refractivity contribution in [3.8, 4) is 5.88 Å². The molecule has 0 saturated heterocycles. The molecule has 3 atom stereocenters. The first-order chi connectivity index (χ1) is 20.7. The van der Waals surface area contributed by atoms with Crippen molar-refractivity contribution in [2.45, 2.75) is 76.8 Å². The van der Waals surface area contributed by atoms with Crippen molar-refractivity contribution in [3.05, 3.63) is 95.3 Å². The van der Waals surface area contributed by atoms with Crippen molar-refractivity contribution < 1.29 is 19.1 Å². The second kappa shape index (κ2) is 13.4. The van der Waals surface area contributed by atoms with Gasteiger partial charge in [0.15, 0.2) is 0 Å². The molecule has 3 heterocycles. The van der Waals surface area contributed by atoms with Crippen LogP contribution in [0, 0.1) is 0 Å². The average molecular weight is 584 g/mol. The maximum Gasteiger partial charge on any atom is 0.329 e. The number of aromatic amines is 1. The van der Waals surface area contributed by atoms with Crippen LogP contribution >= 0.6 is 0 Å². The molecule has 0 fully saturated rings. The summed E-state index contributed by atoms with van der Waals surface area (Å²) >= 11 is 0. The lowest BCUT2D eigenvalue weighted by Gasteiger charge is -2.32. The Morgan fingerprint density at radius 1 is 1.07 bits per heavy atom. The molecule has 0 saturated carbocycles. The third-order valence-electron chi connectivity index (χ3n) is 7.50. The average Bonchev–Trinajstić information content (AvgIpc) is 3.37. The molecule has 43 heavy (non-hydrogen) atoms. The second-order valence-electron chi connectivity index (χ2n) is 12.0. The zero-order valence-electron chi connectivity index (χ0n) is 25.1. The zero-order valence-corrected chi connectivity index (χ0v) is 25.1. The number of unbranched alkanes of at least 4 members (excludes halogenated alkanes) is 1. The first kappa shape index (κ1) is 30.3. The van der Waals surface area contributed by atoms with Gasteiger partial charge < -0.3 is 25.5 Å². The van der Waals surface area contributed by atoms with Crippen LogP contribution in [0.25, 0.3) is 10.9 Å². The lowest BCUT2D eigenvalue weighted by molar-refractivity contribution is -0.159. The summed E-state index contributed by atoms with van der Waals surface area (Å²) in [7, 11) is 0. The number of nitrogens with one attached hydrogen (secondary N) is 3. The Labute approximate surface area is 252 Å². The smallest absolute Gasteiger partial charge is 0.329 e. The van der Waals surface area contributed by atoms with Crippen LogP contribution in [0.1, 0.15) is 68.5 Å². The molecule has 9 heteroatoms. The Morgan fingerprint density at radius 3 is 2.60 bits per heavy atom. The van der Waals surface area contributed by atoms with Gasteiger partial charge in [0.25, 0.3) is 0 Å². The van der Waals surface area contributed by atoms with Crippen LogP contribution in [0.4, 0.5) is 0 Å². The number of pyridine rings is 1. The number of ether oxygens (including phenoxy) is 2. The minimum atomic E-state index is -0.762. The summed E-state index contributed by atoms with van der Waals surface area (Å²) < 4.78 is 11.7. The summed E-state index contributed by atoms with van der Waals surface area (Å²) in [6, 6.07) is 20.2. The molecule has 1 aliphatic rings. The van der Waals surface area contributed by atoms with Crippen LogP contribution < -0.4 is 21.1 Å². The van der Waals surface area contributed by atoms with E-state index in [1.54, 1.807) is 6.20 Å². The number of para-hydroxylation sites is 1. The van der Waals surface area contributed by atoms with E-state index in [0.717, 1.165) is 39.7 Å². The summed E-state index contributed by atoms with van der Waals surface area (Å²) in [5, 5.41) is 7.62. The quantitative estimate of drug-likeness (QED) is 0.149. The van der Waals surface area contributed by atoms with E-state index >= 15 is 0 Å². The van der Waals surface area contributed by atoms with Crippen LogP contribution in [0.5, 0.6) is 5.88 Å². The Balaban J connectivity index is 1.41. The normalized spacial score (nSPS) is 17.2. The van der Waals surface area contributed by atoms with Crippen molar-refractivity contribution in [3.63, 3.8) is 0 Å². The van der Waals surface area contributed by atoms with Gasteiger partial charge in [-0.2, -0.15) is 0 Å². The molecule has 3 unspecified atom stereocenters. The number of hydrogen-bond acceptors (Lipinski definition) is 7. The molecule has 2 aromatic carbocycles. The topological polar surface area (TPSA) is 131 Å². The van der Waals surface area contributed by atoms with Gasteiger partial charge in [0.05, 0.1) is 12.1 Å². The summed E-state index contributed by atoms with van der Waals surface area (Å²) in [6.07, 6.45) is 4.11. The van der Waals surface area contributed by atoms with Gasteiger partial charge in [0.1, 0.15) is 18.2 Å². The molecule has 2 aromatic heterocycles. The van der Waals surface area contributed by atoms with Crippen molar-refractivity contribution in [2.75, 3.05) is 6.54 Å². The summed E-state index contributed by atoms with van der Waals surface area (Å²) in [5.41, 5.74) is 10.1. The van der Waals surface area contributed by atoms with Crippen molar-refractivity contribution in [1.82, 2.24) is 20.6 Å². The van der Waals surface area contributed by atoms with Gasteiger partial charge in [-0.05, 0) is 81.8 Å². The number of carbonyl (C=O) groups excluding carboxylic acids is 2. The minimum absolute atomic E-state index is 0.251. The van der Waals surface area contributed by atoms with Crippen LogP contribution in [-0.4, -0.2) is 46.1 Å². The first-order valence-electron chi connectivity index (χ1n) is 14.9. The fraction of sp³-hybridized carbons (Fsp3) is 0.382. The van der Waals surface area contributed by atoms with Gasteiger partial charge in [-0.25, -0.2) is 9.78 Å². The van der Waals surface area contributed by atoms with E-state index in [1.165, 1.54) is 0 Å². The molecule has 226 valence electrons. The number of benzene rings is 2. The third kappa shape index (κ3) is 7.60. The van der Waals surface area contributed by atoms with Crippen LogP contribution in [0.15, 0.2) is 72.9 Å². The summed E-state index contributed by atoms with van der Waals surface area (Å²) in [4.78, 5) is 34.9. The van der Waals surface area contributed by atoms with Crippen LogP contribution in [-0.2, 0) is 27.4 Å². The molecule has 0 spiro atoms. The molecule has 0 aliphatic carbocycles. The highest BCUT2D eigenvalue weighted by Crippen LogP contribution is 2.36. The monoisotopic (exact) mass is 583 g/mol. The number of nitrogens with zero attached hydrogens (tertiary/aromatic N) is 1. The largest absolute Gasteiger partial charge is 0.473 e.